The van der Waals surface area contributed by atoms with Crippen LogP contribution >= 0.6 is 11.6 Å². The van der Waals surface area contributed by atoms with Gasteiger partial charge in [0.1, 0.15) is 11.9 Å². The Bertz CT molecular complexity index is 414. The molecule has 16 heavy (non-hydrogen) atoms. The van der Waals surface area contributed by atoms with Gasteiger partial charge in [-0.1, -0.05) is 31.9 Å². The van der Waals surface area contributed by atoms with E-state index in [1.165, 1.54) is 0 Å². The number of fused-ring (bicyclic) bond motifs is 1. The molecule has 0 aliphatic carbocycles. The van der Waals surface area contributed by atoms with Crippen molar-refractivity contribution in [1.82, 2.24) is 0 Å². The molecule has 0 bridgehead atoms. The fourth-order valence-corrected chi connectivity index (χ4v) is 2.07. The standard InChI is InChI=1S/C13H15ClO2/c1-3-8(2)13-7-11(15)10-6-9(14)4-5-12(10)16-13/h4-6,8,13H,3,7H2,1-2H3. The van der Waals surface area contributed by atoms with Gasteiger partial charge in [0.2, 0.25) is 0 Å². The van der Waals surface area contributed by atoms with Crippen LogP contribution in [0, 0.1) is 5.92 Å². The number of rotatable bonds is 2. The first-order chi connectivity index (χ1) is 7.61. The molecule has 0 aromatic heterocycles. The van der Waals surface area contributed by atoms with Crippen LogP contribution in [0.5, 0.6) is 5.75 Å². The van der Waals surface area contributed by atoms with Crippen LogP contribution in [0.4, 0.5) is 0 Å². The molecule has 2 atom stereocenters. The fraction of sp³-hybridized carbons (Fsp3) is 0.462. The average molecular weight is 239 g/mol. The van der Waals surface area contributed by atoms with Gasteiger partial charge in [-0.3, -0.25) is 4.79 Å². The fourth-order valence-electron chi connectivity index (χ4n) is 1.90. The summed E-state index contributed by atoms with van der Waals surface area (Å²) in [4.78, 5) is 11.9. The molecule has 1 heterocycles. The van der Waals surface area contributed by atoms with Crippen molar-refractivity contribution in [1.29, 1.82) is 0 Å². The predicted molar refractivity (Wildman–Crippen MR) is 64.3 cm³/mol. The third-order valence-corrected chi connectivity index (χ3v) is 3.42. The summed E-state index contributed by atoms with van der Waals surface area (Å²) in [6.07, 6.45) is 1.48. The number of Topliss-reactive ketones (excluding diaryl/α,β-unsaturated/α-hetero) is 1. The average Bonchev–Trinajstić information content (AvgIpc) is 2.28. The normalized spacial score (nSPS) is 21.2. The molecule has 0 saturated heterocycles. The maximum Gasteiger partial charge on any atom is 0.170 e. The van der Waals surface area contributed by atoms with Crippen molar-refractivity contribution in [3.8, 4) is 5.75 Å². The van der Waals surface area contributed by atoms with E-state index in [4.69, 9.17) is 16.3 Å². The van der Waals surface area contributed by atoms with Gasteiger partial charge in [0.15, 0.2) is 5.78 Å². The Morgan fingerprint density at radius 1 is 1.56 bits per heavy atom. The van der Waals surface area contributed by atoms with Gasteiger partial charge in [-0.25, -0.2) is 0 Å². The molecule has 3 heteroatoms. The van der Waals surface area contributed by atoms with Gasteiger partial charge in [-0.2, -0.15) is 0 Å². The number of hydrogen-bond donors (Lipinski definition) is 0. The first-order valence-corrected chi connectivity index (χ1v) is 5.99. The molecule has 1 aromatic carbocycles. The number of carbonyl (C=O) groups excluding carboxylic acids is 1. The lowest BCUT2D eigenvalue weighted by Crippen LogP contribution is -2.32. The topological polar surface area (TPSA) is 26.3 Å². The Hall–Kier alpha value is -1.02. The molecular formula is C13H15ClO2. The summed E-state index contributed by atoms with van der Waals surface area (Å²) in [6, 6.07) is 5.23. The minimum absolute atomic E-state index is 0.00572. The number of carbonyl (C=O) groups is 1. The van der Waals surface area contributed by atoms with Crippen molar-refractivity contribution in [2.75, 3.05) is 0 Å². The van der Waals surface area contributed by atoms with Crippen molar-refractivity contribution in [3.05, 3.63) is 28.8 Å². The molecule has 1 aliphatic rings. The highest BCUT2D eigenvalue weighted by molar-refractivity contribution is 6.31. The van der Waals surface area contributed by atoms with Gasteiger partial charge >= 0.3 is 0 Å². The minimum Gasteiger partial charge on any atom is -0.489 e. The van der Waals surface area contributed by atoms with Crippen LogP contribution in [0.2, 0.25) is 5.02 Å². The van der Waals surface area contributed by atoms with Gasteiger partial charge in [-0.05, 0) is 24.1 Å². The summed E-state index contributed by atoms with van der Waals surface area (Å²) in [5, 5.41) is 0.581. The second kappa shape index (κ2) is 4.46. The summed E-state index contributed by atoms with van der Waals surface area (Å²) in [5.41, 5.74) is 0.618. The summed E-state index contributed by atoms with van der Waals surface area (Å²) in [6.45, 7) is 4.22. The lowest BCUT2D eigenvalue weighted by Gasteiger charge is -2.29. The number of ether oxygens (including phenoxy) is 1. The molecule has 0 spiro atoms. The maximum atomic E-state index is 11.9. The van der Waals surface area contributed by atoms with Crippen LogP contribution in [0.25, 0.3) is 0 Å². The third-order valence-electron chi connectivity index (χ3n) is 3.19. The number of ketones is 1. The van der Waals surface area contributed by atoms with Crippen LogP contribution in [0.1, 0.15) is 37.0 Å². The van der Waals surface area contributed by atoms with E-state index in [9.17, 15) is 4.79 Å². The lowest BCUT2D eigenvalue weighted by molar-refractivity contribution is 0.0748. The second-order valence-electron chi connectivity index (χ2n) is 4.31. The molecular weight excluding hydrogens is 224 g/mol. The van der Waals surface area contributed by atoms with E-state index in [2.05, 4.69) is 13.8 Å². The quantitative estimate of drug-likeness (QED) is 0.785. The second-order valence-corrected chi connectivity index (χ2v) is 4.75. The van der Waals surface area contributed by atoms with Crippen molar-refractivity contribution in [2.45, 2.75) is 32.8 Å². The van der Waals surface area contributed by atoms with Crippen LogP contribution < -0.4 is 4.74 Å². The molecule has 0 radical (unpaired) electrons. The molecule has 1 aromatic rings. The highest BCUT2D eigenvalue weighted by Gasteiger charge is 2.29. The molecule has 86 valence electrons. The van der Waals surface area contributed by atoms with Crippen molar-refractivity contribution in [2.24, 2.45) is 5.92 Å². The van der Waals surface area contributed by atoms with Gasteiger partial charge in [0.25, 0.3) is 0 Å². The van der Waals surface area contributed by atoms with E-state index in [1.807, 2.05) is 0 Å². The monoisotopic (exact) mass is 238 g/mol. The molecule has 0 fully saturated rings. The Labute approximate surface area is 101 Å². The van der Waals surface area contributed by atoms with E-state index in [0.29, 0.717) is 28.7 Å². The van der Waals surface area contributed by atoms with Gasteiger partial charge < -0.3 is 4.74 Å². The van der Waals surface area contributed by atoms with Gasteiger partial charge in [0, 0.05) is 11.4 Å². The molecule has 2 nitrogen and oxygen atoms in total. The zero-order valence-electron chi connectivity index (χ0n) is 9.50. The largest absolute Gasteiger partial charge is 0.489 e. The van der Waals surface area contributed by atoms with E-state index in [0.717, 1.165) is 6.42 Å². The van der Waals surface area contributed by atoms with Crippen LogP contribution in [-0.2, 0) is 0 Å². The number of halogens is 1. The van der Waals surface area contributed by atoms with Gasteiger partial charge in [-0.15, -0.1) is 0 Å². The molecule has 2 unspecified atom stereocenters. The minimum atomic E-state index is 0.00572. The Morgan fingerprint density at radius 2 is 2.31 bits per heavy atom. The van der Waals surface area contributed by atoms with E-state index >= 15 is 0 Å². The number of benzene rings is 1. The van der Waals surface area contributed by atoms with Crippen LogP contribution in [0.15, 0.2) is 18.2 Å². The highest BCUT2D eigenvalue weighted by atomic mass is 35.5. The molecule has 0 amide bonds. The van der Waals surface area contributed by atoms with Crippen molar-refractivity contribution < 1.29 is 9.53 Å². The van der Waals surface area contributed by atoms with Crippen LogP contribution in [-0.4, -0.2) is 11.9 Å². The molecule has 1 aliphatic heterocycles. The molecule has 0 N–H and O–H groups in total. The first kappa shape index (κ1) is 11.5. The molecule has 0 saturated carbocycles. The smallest absolute Gasteiger partial charge is 0.170 e. The third kappa shape index (κ3) is 2.07. The van der Waals surface area contributed by atoms with E-state index in [1.54, 1.807) is 18.2 Å². The number of hydrogen-bond acceptors (Lipinski definition) is 2. The summed E-state index contributed by atoms with van der Waals surface area (Å²) < 4.78 is 5.83. The molecule has 2 rings (SSSR count). The van der Waals surface area contributed by atoms with Crippen molar-refractivity contribution in [3.63, 3.8) is 0 Å². The lowest BCUT2D eigenvalue weighted by atomic mass is 9.92. The Morgan fingerprint density at radius 3 is 3.00 bits per heavy atom. The predicted octanol–water partition coefficient (Wildman–Crippen LogP) is 3.72. The zero-order chi connectivity index (χ0) is 11.7. The Kier molecular flexibility index (Phi) is 3.20. The highest BCUT2D eigenvalue weighted by Crippen LogP contribution is 2.32. The van der Waals surface area contributed by atoms with Crippen LogP contribution in [0.3, 0.4) is 0 Å². The summed E-state index contributed by atoms with van der Waals surface area (Å²) in [5.74, 6) is 1.20. The first-order valence-electron chi connectivity index (χ1n) is 5.61. The van der Waals surface area contributed by atoms with E-state index < -0.39 is 0 Å². The van der Waals surface area contributed by atoms with Gasteiger partial charge in [0.05, 0.1) is 5.56 Å². The maximum absolute atomic E-state index is 11.9. The van der Waals surface area contributed by atoms with Crippen molar-refractivity contribution >= 4 is 17.4 Å². The summed E-state index contributed by atoms with van der Waals surface area (Å²) >= 11 is 5.86. The summed E-state index contributed by atoms with van der Waals surface area (Å²) in [7, 11) is 0. The Balaban J connectivity index is 2.30. The SMILES string of the molecule is CCC(C)C1CC(=O)c2cc(Cl)ccc2O1. The zero-order valence-corrected chi connectivity index (χ0v) is 10.3. The van der Waals surface area contributed by atoms with E-state index in [-0.39, 0.29) is 11.9 Å².